The van der Waals surface area contributed by atoms with Gasteiger partial charge in [0.1, 0.15) is 17.6 Å². The highest BCUT2D eigenvalue weighted by Gasteiger charge is 2.18. The lowest BCUT2D eigenvalue weighted by molar-refractivity contribution is 0.240. The Labute approximate surface area is 101 Å². The monoisotopic (exact) mass is 244 g/mol. The molecular formula is C11H8N4O3. The summed E-state index contributed by atoms with van der Waals surface area (Å²) in [7, 11) is 0. The van der Waals surface area contributed by atoms with Crippen molar-refractivity contribution in [2.75, 3.05) is 0 Å². The second-order valence-electron chi connectivity index (χ2n) is 3.41. The lowest BCUT2D eigenvalue weighted by atomic mass is 10.2. The number of rotatable bonds is 3. The lowest BCUT2D eigenvalue weighted by Gasteiger charge is -1.91. The number of fused-ring (bicyclic) bond motifs is 1. The topological polar surface area (TPSA) is 96.7 Å². The Hall–Kier alpha value is -2.67. The Morgan fingerprint density at radius 1 is 1.33 bits per heavy atom. The maximum Gasteiger partial charge on any atom is 0.295 e. The molecule has 3 rings (SSSR count). The van der Waals surface area contributed by atoms with Gasteiger partial charge in [-0.1, -0.05) is 17.3 Å². The molecule has 0 amide bonds. The van der Waals surface area contributed by atoms with Crippen molar-refractivity contribution in [1.29, 1.82) is 0 Å². The Kier molecular flexibility index (Phi) is 2.50. The molecule has 0 unspecified atom stereocenters. The van der Waals surface area contributed by atoms with Gasteiger partial charge in [-0.15, -0.1) is 0 Å². The molecule has 2 N–H and O–H groups in total. The molecule has 0 aliphatic heterocycles. The number of aliphatic imine (C=N–C) groups is 1. The van der Waals surface area contributed by atoms with Gasteiger partial charge in [0, 0.05) is 5.39 Å². The van der Waals surface area contributed by atoms with E-state index in [4.69, 9.17) is 14.1 Å². The molecule has 0 aliphatic carbocycles. The van der Waals surface area contributed by atoms with Crippen molar-refractivity contribution in [2.24, 2.45) is 4.99 Å². The van der Waals surface area contributed by atoms with Gasteiger partial charge < -0.3 is 8.94 Å². The quantitative estimate of drug-likeness (QED) is 0.416. The first-order valence-corrected chi connectivity index (χ1v) is 5.11. The van der Waals surface area contributed by atoms with E-state index in [1.165, 1.54) is 6.33 Å². The molecule has 0 saturated heterocycles. The molecule has 0 radical (unpaired) electrons. The number of benzene rings is 1. The number of nitrogens with one attached hydrogen (secondary N) is 1. The molecule has 18 heavy (non-hydrogen) atoms. The summed E-state index contributed by atoms with van der Waals surface area (Å²) in [6.45, 7) is 0. The molecule has 7 nitrogen and oxygen atoms in total. The number of furan rings is 1. The zero-order valence-electron chi connectivity index (χ0n) is 9.07. The van der Waals surface area contributed by atoms with Gasteiger partial charge in [-0.2, -0.15) is 4.98 Å². The van der Waals surface area contributed by atoms with Crippen molar-refractivity contribution >= 4 is 23.0 Å². The van der Waals surface area contributed by atoms with Crippen molar-refractivity contribution in [1.82, 2.24) is 15.6 Å². The molecule has 0 bridgehead atoms. The predicted octanol–water partition coefficient (Wildman–Crippen LogP) is 2.12. The highest BCUT2D eigenvalue weighted by atomic mass is 16.5. The first-order chi connectivity index (χ1) is 8.90. The Morgan fingerprint density at radius 2 is 2.22 bits per heavy atom. The van der Waals surface area contributed by atoms with E-state index in [0.29, 0.717) is 17.0 Å². The normalized spacial score (nSPS) is 11.4. The van der Waals surface area contributed by atoms with E-state index in [2.05, 4.69) is 15.1 Å². The van der Waals surface area contributed by atoms with Crippen molar-refractivity contribution in [3.8, 4) is 11.7 Å². The van der Waals surface area contributed by atoms with Gasteiger partial charge in [-0.3, -0.25) is 10.7 Å². The Morgan fingerprint density at radius 3 is 3.00 bits per heavy atom. The van der Waals surface area contributed by atoms with Gasteiger partial charge in [-0.25, -0.2) is 4.99 Å². The molecule has 2 heterocycles. The molecule has 0 spiro atoms. The van der Waals surface area contributed by atoms with E-state index in [1.807, 2.05) is 23.7 Å². The van der Waals surface area contributed by atoms with Crippen LogP contribution >= 0.6 is 0 Å². The number of nitrogens with zero attached hydrogens (tertiary/aromatic N) is 3. The van der Waals surface area contributed by atoms with Crippen LogP contribution in [0.15, 0.2) is 44.5 Å². The fourth-order valence-electron chi connectivity index (χ4n) is 1.67. The summed E-state index contributed by atoms with van der Waals surface area (Å²) in [6, 6.07) is 7.37. The minimum Gasteiger partial charge on any atom is -0.449 e. The van der Waals surface area contributed by atoms with Crippen LogP contribution in [-0.4, -0.2) is 21.7 Å². The van der Waals surface area contributed by atoms with Crippen LogP contribution in [-0.2, 0) is 0 Å². The van der Waals surface area contributed by atoms with Crippen molar-refractivity contribution in [3.63, 3.8) is 0 Å². The highest BCUT2D eigenvalue weighted by molar-refractivity contribution is 5.97. The van der Waals surface area contributed by atoms with E-state index < -0.39 is 0 Å². The number of hydrogen-bond acceptors (Lipinski definition) is 6. The summed E-state index contributed by atoms with van der Waals surface area (Å²) in [5.41, 5.74) is 3.00. The molecule has 90 valence electrons. The summed E-state index contributed by atoms with van der Waals surface area (Å²) in [5.74, 6) is 0.594. The summed E-state index contributed by atoms with van der Waals surface area (Å²) in [5, 5.41) is 12.9. The number of hydrogen-bond donors (Lipinski definition) is 2. The van der Waals surface area contributed by atoms with Crippen LogP contribution in [0.1, 0.15) is 0 Å². The maximum absolute atomic E-state index is 8.58. The van der Waals surface area contributed by atoms with Gasteiger partial charge in [0.2, 0.25) is 5.76 Å². The van der Waals surface area contributed by atoms with E-state index in [1.54, 1.807) is 6.07 Å². The van der Waals surface area contributed by atoms with Crippen LogP contribution in [0.5, 0.6) is 0 Å². The molecule has 1 aromatic carbocycles. The molecule has 0 saturated carbocycles. The first kappa shape index (κ1) is 10.5. The maximum atomic E-state index is 8.58. The Bertz CT molecular complexity index is 687. The molecule has 2 aromatic heterocycles. The number of hydroxylamine groups is 1. The van der Waals surface area contributed by atoms with E-state index in [9.17, 15) is 0 Å². The first-order valence-electron chi connectivity index (χ1n) is 5.11. The summed E-state index contributed by atoms with van der Waals surface area (Å²) in [6.07, 6.45) is 2.41. The average molecular weight is 244 g/mol. The molecule has 0 fully saturated rings. The van der Waals surface area contributed by atoms with Crippen LogP contribution in [0.25, 0.3) is 22.6 Å². The van der Waals surface area contributed by atoms with Crippen LogP contribution < -0.4 is 5.48 Å². The van der Waals surface area contributed by atoms with Gasteiger partial charge >= 0.3 is 0 Å². The smallest absolute Gasteiger partial charge is 0.295 e. The molecule has 3 aromatic rings. The molecule has 7 heteroatoms. The SMILES string of the molecule is ONC=Nc1c(-c2ncno2)oc2ccccc12. The van der Waals surface area contributed by atoms with Gasteiger partial charge in [0.15, 0.2) is 6.33 Å². The summed E-state index contributed by atoms with van der Waals surface area (Å²) < 4.78 is 10.6. The third kappa shape index (κ3) is 1.62. The molecule has 0 atom stereocenters. The number of para-hydroxylation sites is 1. The summed E-state index contributed by atoms with van der Waals surface area (Å²) >= 11 is 0. The Balaban J connectivity index is 2.26. The second kappa shape index (κ2) is 4.30. The fraction of sp³-hybridized carbons (Fsp3) is 0. The van der Waals surface area contributed by atoms with Gasteiger partial charge in [0.05, 0.1) is 0 Å². The standard InChI is InChI=1S/C11H8N4O3/c16-14-5-12-9-7-3-1-2-4-8(7)17-10(9)11-13-6-15-18-11/h1-6,16H,(H,12,14). The highest BCUT2D eigenvalue weighted by Crippen LogP contribution is 2.38. The van der Waals surface area contributed by atoms with Crippen LogP contribution in [0.4, 0.5) is 5.69 Å². The average Bonchev–Trinajstić information content (AvgIpc) is 3.03. The lowest BCUT2D eigenvalue weighted by Crippen LogP contribution is -2.00. The van der Waals surface area contributed by atoms with Gasteiger partial charge in [0.25, 0.3) is 5.89 Å². The minimum atomic E-state index is 0.233. The zero-order chi connectivity index (χ0) is 12.4. The summed E-state index contributed by atoms with van der Waals surface area (Å²) in [4.78, 5) is 7.98. The fourth-order valence-corrected chi connectivity index (χ4v) is 1.67. The second-order valence-corrected chi connectivity index (χ2v) is 3.41. The van der Waals surface area contributed by atoms with Crippen molar-refractivity contribution < 1.29 is 14.1 Å². The van der Waals surface area contributed by atoms with E-state index in [0.717, 1.165) is 11.7 Å². The predicted molar refractivity (Wildman–Crippen MR) is 62.6 cm³/mol. The van der Waals surface area contributed by atoms with Crippen molar-refractivity contribution in [2.45, 2.75) is 0 Å². The van der Waals surface area contributed by atoms with E-state index >= 15 is 0 Å². The van der Waals surface area contributed by atoms with Gasteiger partial charge in [-0.05, 0) is 12.1 Å². The third-order valence-electron chi connectivity index (χ3n) is 2.38. The van der Waals surface area contributed by atoms with Crippen LogP contribution in [0.2, 0.25) is 0 Å². The zero-order valence-corrected chi connectivity index (χ0v) is 9.07. The minimum absolute atomic E-state index is 0.233. The van der Waals surface area contributed by atoms with Crippen LogP contribution in [0.3, 0.4) is 0 Å². The van der Waals surface area contributed by atoms with Crippen LogP contribution in [0, 0.1) is 0 Å². The molecular weight excluding hydrogens is 236 g/mol. The van der Waals surface area contributed by atoms with E-state index in [-0.39, 0.29) is 5.89 Å². The van der Waals surface area contributed by atoms with Crippen molar-refractivity contribution in [3.05, 3.63) is 30.6 Å². The molecule has 0 aliphatic rings. The third-order valence-corrected chi connectivity index (χ3v) is 2.38. The number of aromatic nitrogens is 2. The largest absolute Gasteiger partial charge is 0.449 e.